The summed E-state index contributed by atoms with van der Waals surface area (Å²) in [5.74, 6) is 0.520. The number of sulfonamides is 1. The van der Waals surface area contributed by atoms with Crippen LogP contribution < -0.4 is 5.32 Å². The molecule has 0 aromatic carbocycles. The normalized spacial score (nSPS) is 19.0. The Hall–Kier alpha value is -0.930. The third kappa shape index (κ3) is 4.04. The van der Waals surface area contributed by atoms with Gasteiger partial charge in [-0.2, -0.15) is 0 Å². The fraction of sp³-hybridized carbons (Fsp3) is 0.692. The lowest BCUT2D eigenvalue weighted by Crippen LogP contribution is -2.44. The number of rotatable bonds is 6. The van der Waals surface area contributed by atoms with E-state index in [1.54, 1.807) is 6.07 Å². The third-order valence-electron chi connectivity index (χ3n) is 3.55. The van der Waals surface area contributed by atoms with Gasteiger partial charge >= 0.3 is 0 Å². The first-order valence-corrected chi connectivity index (χ1v) is 8.30. The Labute approximate surface area is 124 Å². The van der Waals surface area contributed by atoms with E-state index >= 15 is 0 Å². The van der Waals surface area contributed by atoms with Crippen LogP contribution in [0.25, 0.3) is 0 Å². The SMILES string of the molecule is CN(C)S(=O)(=O)c1ccc(CNCC2(O)CCOCC2)o1. The maximum Gasteiger partial charge on any atom is 0.275 e. The molecule has 120 valence electrons. The molecule has 1 fully saturated rings. The highest BCUT2D eigenvalue weighted by Gasteiger charge is 2.29. The summed E-state index contributed by atoms with van der Waals surface area (Å²) in [6.45, 7) is 1.91. The lowest BCUT2D eigenvalue weighted by molar-refractivity contribution is -0.0618. The zero-order valence-electron chi connectivity index (χ0n) is 12.3. The lowest BCUT2D eigenvalue weighted by atomic mass is 9.94. The molecule has 1 aromatic rings. The molecule has 2 N–H and O–H groups in total. The van der Waals surface area contributed by atoms with Crippen LogP contribution in [0.4, 0.5) is 0 Å². The fourth-order valence-corrected chi connectivity index (χ4v) is 2.93. The molecule has 8 heteroatoms. The summed E-state index contributed by atoms with van der Waals surface area (Å²) < 4.78 is 35.4. The minimum Gasteiger partial charge on any atom is -0.447 e. The average Bonchev–Trinajstić information content (AvgIpc) is 2.88. The molecule has 0 bridgehead atoms. The van der Waals surface area contributed by atoms with Crippen LogP contribution in [0.2, 0.25) is 0 Å². The van der Waals surface area contributed by atoms with Gasteiger partial charge in [0.1, 0.15) is 5.76 Å². The first-order valence-electron chi connectivity index (χ1n) is 6.86. The summed E-state index contributed by atoms with van der Waals surface area (Å²) in [5, 5.41) is 13.3. The Balaban J connectivity index is 1.89. The molecule has 0 spiro atoms. The van der Waals surface area contributed by atoms with Crippen LogP contribution in [0.5, 0.6) is 0 Å². The number of aliphatic hydroxyl groups is 1. The molecule has 0 aliphatic carbocycles. The number of hydrogen-bond donors (Lipinski definition) is 2. The van der Waals surface area contributed by atoms with E-state index in [1.165, 1.54) is 20.2 Å². The van der Waals surface area contributed by atoms with E-state index in [0.717, 1.165) is 4.31 Å². The molecule has 0 unspecified atom stereocenters. The van der Waals surface area contributed by atoms with Crippen molar-refractivity contribution in [2.45, 2.75) is 30.1 Å². The second-order valence-corrected chi connectivity index (χ2v) is 7.53. The molecular formula is C13H22N2O5S. The third-order valence-corrected chi connectivity index (χ3v) is 5.24. The second kappa shape index (κ2) is 6.45. The summed E-state index contributed by atoms with van der Waals surface area (Å²) in [4.78, 5) is 0. The fourth-order valence-electron chi connectivity index (χ4n) is 2.12. The molecule has 1 saturated heterocycles. The van der Waals surface area contributed by atoms with Gasteiger partial charge in [-0.3, -0.25) is 0 Å². The maximum absolute atomic E-state index is 11.9. The van der Waals surface area contributed by atoms with Crippen molar-refractivity contribution in [3.63, 3.8) is 0 Å². The van der Waals surface area contributed by atoms with Crippen LogP contribution in [-0.4, -0.2) is 57.3 Å². The van der Waals surface area contributed by atoms with Gasteiger partial charge in [-0.05, 0) is 12.1 Å². The van der Waals surface area contributed by atoms with Crippen LogP contribution in [0.1, 0.15) is 18.6 Å². The Bertz CT molecular complexity index is 561. The highest BCUT2D eigenvalue weighted by molar-refractivity contribution is 7.88. The molecule has 2 heterocycles. The van der Waals surface area contributed by atoms with Crippen molar-refractivity contribution in [3.8, 4) is 0 Å². The largest absolute Gasteiger partial charge is 0.447 e. The molecule has 7 nitrogen and oxygen atoms in total. The monoisotopic (exact) mass is 318 g/mol. The van der Waals surface area contributed by atoms with Gasteiger partial charge in [0.15, 0.2) is 0 Å². The van der Waals surface area contributed by atoms with Gasteiger partial charge in [-0.1, -0.05) is 0 Å². The zero-order chi connectivity index (χ0) is 15.5. The predicted molar refractivity (Wildman–Crippen MR) is 76.3 cm³/mol. The Kier molecular flexibility index (Phi) is 5.05. The molecule has 1 aliphatic heterocycles. The molecule has 1 aliphatic rings. The van der Waals surface area contributed by atoms with Crippen molar-refractivity contribution in [1.82, 2.24) is 9.62 Å². The summed E-state index contributed by atoms with van der Waals surface area (Å²) in [6.07, 6.45) is 1.19. The van der Waals surface area contributed by atoms with E-state index in [-0.39, 0.29) is 5.09 Å². The van der Waals surface area contributed by atoms with Crippen molar-refractivity contribution in [2.75, 3.05) is 33.9 Å². The van der Waals surface area contributed by atoms with Crippen LogP contribution in [0.15, 0.2) is 21.6 Å². The first-order chi connectivity index (χ1) is 9.83. The van der Waals surface area contributed by atoms with Gasteiger partial charge in [-0.25, -0.2) is 12.7 Å². The lowest BCUT2D eigenvalue weighted by Gasteiger charge is -2.32. The molecule has 1 aromatic heterocycles. The standard InChI is InChI=1S/C13H22N2O5S/c1-15(2)21(17,18)12-4-3-11(20-12)9-14-10-13(16)5-7-19-8-6-13/h3-4,14,16H,5-10H2,1-2H3. The number of hydrogen-bond acceptors (Lipinski definition) is 6. The van der Waals surface area contributed by atoms with Crippen LogP contribution in [0, 0.1) is 0 Å². The summed E-state index contributed by atoms with van der Waals surface area (Å²) in [5.41, 5.74) is -0.761. The van der Waals surface area contributed by atoms with Crippen LogP contribution >= 0.6 is 0 Å². The first kappa shape index (κ1) is 16.4. The summed E-state index contributed by atoms with van der Waals surface area (Å²) in [6, 6.07) is 3.06. The number of nitrogens with one attached hydrogen (secondary N) is 1. The Morgan fingerprint density at radius 2 is 2.00 bits per heavy atom. The molecule has 2 rings (SSSR count). The van der Waals surface area contributed by atoms with E-state index in [1.807, 2.05) is 0 Å². The van der Waals surface area contributed by atoms with E-state index in [4.69, 9.17) is 9.15 Å². The molecular weight excluding hydrogens is 296 g/mol. The average molecular weight is 318 g/mol. The van der Waals surface area contributed by atoms with Gasteiger partial charge < -0.3 is 19.6 Å². The summed E-state index contributed by atoms with van der Waals surface area (Å²) >= 11 is 0. The highest BCUT2D eigenvalue weighted by Crippen LogP contribution is 2.20. The number of furan rings is 1. The zero-order valence-corrected chi connectivity index (χ0v) is 13.1. The Morgan fingerprint density at radius 1 is 1.33 bits per heavy atom. The number of ether oxygens (including phenoxy) is 1. The van der Waals surface area contributed by atoms with Gasteiger partial charge in [0.2, 0.25) is 5.09 Å². The minimum absolute atomic E-state index is 0.0749. The second-order valence-electron chi connectivity index (χ2n) is 5.45. The van der Waals surface area contributed by atoms with E-state index in [2.05, 4.69) is 5.32 Å². The molecule has 0 atom stereocenters. The van der Waals surface area contributed by atoms with Crippen molar-refractivity contribution in [2.24, 2.45) is 0 Å². The molecule has 0 radical (unpaired) electrons. The molecule has 0 saturated carbocycles. The van der Waals surface area contributed by atoms with Crippen molar-refractivity contribution >= 4 is 10.0 Å². The van der Waals surface area contributed by atoms with Crippen LogP contribution in [-0.2, 0) is 21.3 Å². The van der Waals surface area contributed by atoms with Gasteiger partial charge in [0.25, 0.3) is 10.0 Å². The quantitative estimate of drug-likeness (QED) is 0.776. The molecule has 21 heavy (non-hydrogen) atoms. The molecule has 0 amide bonds. The Morgan fingerprint density at radius 3 is 2.62 bits per heavy atom. The van der Waals surface area contributed by atoms with Gasteiger partial charge in [-0.15, -0.1) is 0 Å². The highest BCUT2D eigenvalue weighted by atomic mass is 32.2. The van der Waals surface area contributed by atoms with E-state index < -0.39 is 15.6 Å². The maximum atomic E-state index is 11.9. The van der Waals surface area contributed by atoms with E-state index in [9.17, 15) is 13.5 Å². The van der Waals surface area contributed by atoms with E-state index in [0.29, 0.717) is 44.9 Å². The van der Waals surface area contributed by atoms with Crippen molar-refractivity contribution in [1.29, 1.82) is 0 Å². The smallest absolute Gasteiger partial charge is 0.275 e. The minimum atomic E-state index is -3.54. The van der Waals surface area contributed by atoms with Crippen molar-refractivity contribution < 1.29 is 22.7 Å². The number of nitrogens with zero attached hydrogens (tertiary/aromatic N) is 1. The van der Waals surface area contributed by atoms with Crippen molar-refractivity contribution in [3.05, 3.63) is 17.9 Å². The predicted octanol–water partition coefficient (Wildman–Crippen LogP) is 0.161. The van der Waals surface area contributed by atoms with Gasteiger partial charge in [0, 0.05) is 46.7 Å². The van der Waals surface area contributed by atoms with Crippen LogP contribution in [0.3, 0.4) is 0 Å². The summed E-state index contributed by atoms with van der Waals surface area (Å²) in [7, 11) is -0.631. The van der Waals surface area contributed by atoms with Gasteiger partial charge in [0.05, 0.1) is 12.1 Å². The topological polar surface area (TPSA) is 92.0 Å².